The summed E-state index contributed by atoms with van der Waals surface area (Å²) in [5.41, 5.74) is 5.54. The Bertz CT molecular complexity index is 398. The molecule has 0 amide bonds. The smallest absolute Gasteiger partial charge is 0.131 e. The summed E-state index contributed by atoms with van der Waals surface area (Å²) in [4.78, 5) is 0. The summed E-state index contributed by atoms with van der Waals surface area (Å²) in [7, 11) is 0. The molecule has 3 atom stereocenters. The summed E-state index contributed by atoms with van der Waals surface area (Å²) < 4.78 is 27.7. The number of nitrogens with two attached hydrogens (primary N) is 1. The zero-order valence-corrected chi connectivity index (χ0v) is 10.3. The number of hydrogen-bond acceptors (Lipinski definition) is 1. The van der Waals surface area contributed by atoms with Gasteiger partial charge in [-0.05, 0) is 30.4 Å². The molecule has 0 bridgehead atoms. The van der Waals surface area contributed by atoms with Crippen molar-refractivity contribution in [1.29, 1.82) is 0 Å². The Balaban J connectivity index is 2.50. The second-order valence-electron chi connectivity index (χ2n) is 5.30. The molecule has 3 heteroatoms. The van der Waals surface area contributed by atoms with Crippen LogP contribution in [0, 0.1) is 23.5 Å². The lowest BCUT2D eigenvalue weighted by Crippen LogP contribution is -2.49. The van der Waals surface area contributed by atoms with Gasteiger partial charge in [-0.25, -0.2) is 8.78 Å². The van der Waals surface area contributed by atoms with E-state index in [9.17, 15) is 8.78 Å². The molecule has 1 aliphatic rings. The molecule has 1 aromatic carbocycles. The Hall–Kier alpha value is -0.960. The van der Waals surface area contributed by atoms with Crippen molar-refractivity contribution in [2.24, 2.45) is 17.6 Å². The van der Waals surface area contributed by atoms with Gasteiger partial charge in [0.15, 0.2) is 0 Å². The van der Waals surface area contributed by atoms with Crippen molar-refractivity contribution in [3.63, 3.8) is 0 Å². The maximum absolute atomic E-state index is 13.9. The van der Waals surface area contributed by atoms with Crippen LogP contribution in [-0.4, -0.2) is 0 Å². The average Bonchev–Trinajstić information content (AvgIpc) is 2.26. The number of hydrogen-bond donors (Lipinski definition) is 1. The van der Waals surface area contributed by atoms with Crippen molar-refractivity contribution in [2.45, 2.75) is 38.6 Å². The fourth-order valence-corrected chi connectivity index (χ4v) is 3.00. The van der Waals surface area contributed by atoms with Crippen LogP contribution in [0.25, 0.3) is 0 Å². The molecule has 0 aliphatic heterocycles. The van der Waals surface area contributed by atoms with Crippen molar-refractivity contribution in [3.05, 3.63) is 35.4 Å². The second-order valence-corrected chi connectivity index (χ2v) is 5.30. The molecule has 0 spiro atoms. The lowest BCUT2D eigenvalue weighted by molar-refractivity contribution is 0.135. The van der Waals surface area contributed by atoms with E-state index in [1.807, 2.05) is 6.92 Å². The molecule has 3 unspecified atom stereocenters. The molecule has 1 fully saturated rings. The van der Waals surface area contributed by atoms with E-state index in [-0.39, 0.29) is 11.5 Å². The topological polar surface area (TPSA) is 26.0 Å². The largest absolute Gasteiger partial charge is 0.321 e. The van der Waals surface area contributed by atoms with Gasteiger partial charge in [0.1, 0.15) is 11.6 Å². The van der Waals surface area contributed by atoms with Crippen LogP contribution in [0.3, 0.4) is 0 Å². The highest BCUT2D eigenvalue weighted by molar-refractivity contribution is 5.29. The molecule has 2 N–H and O–H groups in total. The van der Waals surface area contributed by atoms with Crippen molar-refractivity contribution in [3.8, 4) is 0 Å². The van der Waals surface area contributed by atoms with Gasteiger partial charge in [0, 0.05) is 11.1 Å². The molecule has 0 saturated heterocycles. The van der Waals surface area contributed by atoms with Crippen LogP contribution in [0.1, 0.15) is 38.7 Å². The predicted molar refractivity (Wildman–Crippen MR) is 64.4 cm³/mol. The number of benzene rings is 1. The highest BCUT2D eigenvalue weighted by Gasteiger charge is 2.42. The van der Waals surface area contributed by atoms with E-state index in [4.69, 9.17) is 5.73 Å². The van der Waals surface area contributed by atoms with Crippen molar-refractivity contribution in [2.75, 3.05) is 0 Å². The molecule has 1 nitrogen and oxygen atoms in total. The number of rotatable bonds is 1. The average molecular weight is 239 g/mol. The molecule has 1 aliphatic carbocycles. The highest BCUT2D eigenvalue weighted by atomic mass is 19.1. The summed E-state index contributed by atoms with van der Waals surface area (Å²) in [6, 6.07) is 3.96. The van der Waals surface area contributed by atoms with E-state index in [0.717, 1.165) is 12.8 Å². The maximum Gasteiger partial charge on any atom is 0.131 e. The molecule has 0 heterocycles. The minimum absolute atomic E-state index is 0.0686. The molecule has 0 aromatic heterocycles. The predicted octanol–water partition coefficient (Wildman–Crippen LogP) is 3.57. The first-order chi connectivity index (χ1) is 7.97. The fourth-order valence-electron chi connectivity index (χ4n) is 3.00. The van der Waals surface area contributed by atoms with Gasteiger partial charge in [0.05, 0.1) is 0 Å². The van der Waals surface area contributed by atoms with Crippen molar-refractivity contribution >= 4 is 0 Å². The molecule has 1 saturated carbocycles. The van der Waals surface area contributed by atoms with Gasteiger partial charge in [-0.3, -0.25) is 0 Å². The molecule has 1 aromatic rings. The van der Waals surface area contributed by atoms with E-state index in [2.05, 4.69) is 6.92 Å². The van der Waals surface area contributed by atoms with E-state index in [1.54, 1.807) is 0 Å². The van der Waals surface area contributed by atoms with Gasteiger partial charge in [-0.2, -0.15) is 0 Å². The molecule has 94 valence electrons. The highest BCUT2D eigenvalue weighted by Crippen LogP contribution is 2.44. The quantitative estimate of drug-likeness (QED) is 0.796. The molecular weight excluding hydrogens is 220 g/mol. The van der Waals surface area contributed by atoms with Gasteiger partial charge >= 0.3 is 0 Å². The van der Waals surface area contributed by atoms with Crippen LogP contribution in [0.5, 0.6) is 0 Å². The second kappa shape index (κ2) is 4.37. The lowest BCUT2D eigenvalue weighted by Gasteiger charge is -2.43. The van der Waals surface area contributed by atoms with Crippen LogP contribution >= 0.6 is 0 Å². The van der Waals surface area contributed by atoms with Crippen LogP contribution in [-0.2, 0) is 5.54 Å². The molecule has 2 rings (SSSR count). The van der Waals surface area contributed by atoms with Crippen molar-refractivity contribution in [1.82, 2.24) is 0 Å². The summed E-state index contributed by atoms with van der Waals surface area (Å²) in [6.45, 7) is 4.10. The Morgan fingerprint density at radius 1 is 1.24 bits per heavy atom. The van der Waals surface area contributed by atoms with Crippen LogP contribution in [0.4, 0.5) is 8.78 Å². The summed E-state index contributed by atoms with van der Waals surface area (Å²) >= 11 is 0. The first kappa shape index (κ1) is 12.5. The molecular formula is C14H19F2N. The Morgan fingerprint density at radius 3 is 2.41 bits per heavy atom. The summed E-state index contributed by atoms with van der Waals surface area (Å²) in [5.74, 6) is -0.558. The lowest BCUT2D eigenvalue weighted by atomic mass is 9.65. The van der Waals surface area contributed by atoms with Crippen LogP contribution < -0.4 is 5.73 Å². The zero-order valence-electron chi connectivity index (χ0n) is 10.3. The Morgan fingerprint density at radius 2 is 1.82 bits per heavy atom. The third-order valence-electron chi connectivity index (χ3n) is 4.34. The normalized spacial score (nSPS) is 33.7. The van der Waals surface area contributed by atoms with E-state index in [1.165, 1.54) is 18.2 Å². The zero-order chi connectivity index (χ0) is 12.6. The van der Waals surface area contributed by atoms with Gasteiger partial charge in [-0.15, -0.1) is 0 Å². The van der Waals surface area contributed by atoms with Gasteiger partial charge < -0.3 is 5.73 Å². The summed E-state index contributed by atoms with van der Waals surface area (Å²) in [6.07, 6.45) is 2.66. The first-order valence-electron chi connectivity index (χ1n) is 6.20. The summed E-state index contributed by atoms with van der Waals surface area (Å²) in [5, 5.41) is 0. The minimum atomic E-state index is -0.868. The van der Waals surface area contributed by atoms with E-state index < -0.39 is 17.2 Å². The third kappa shape index (κ3) is 1.97. The van der Waals surface area contributed by atoms with Crippen LogP contribution in [0.15, 0.2) is 18.2 Å². The molecule has 17 heavy (non-hydrogen) atoms. The minimum Gasteiger partial charge on any atom is -0.321 e. The third-order valence-corrected chi connectivity index (χ3v) is 4.34. The number of halogens is 2. The molecule has 0 radical (unpaired) electrons. The van der Waals surface area contributed by atoms with Crippen molar-refractivity contribution < 1.29 is 8.78 Å². The fraction of sp³-hybridized carbons (Fsp3) is 0.571. The standard InChI is InChI=1S/C14H19F2N/c1-9-5-4-8-14(17,10(9)2)13-11(15)6-3-7-12(13)16/h3,6-7,9-10H,4-5,8,17H2,1-2H3. The van der Waals surface area contributed by atoms with E-state index >= 15 is 0 Å². The van der Waals surface area contributed by atoms with Gasteiger partial charge in [0.25, 0.3) is 0 Å². The van der Waals surface area contributed by atoms with E-state index in [0.29, 0.717) is 12.3 Å². The van der Waals surface area contributed by atoms with Gasteiger partial charge in [-0.1, -0.05) is 32.8 Å². The Labute approximate surface area is 101 Å². The monoisotopic (exact) mass is 239 g/mol. The SMILES string of the molecule is CC1CCCC(N)(c2c(F)cccc2F)C1C. The Kier molecular flexibility index (Phi) is 3.21. The van der Waals surface area contributed by atoms with Crippen LogP contribution in [0.2, 0.25) is 0 Å². The first-order valence-corrected chi connectivity index (χ1v) is 6.20. The maximum atomic E-state index is 13.9. The van der Waals surface area contributed by atoms with Gasteiger partial charge in [0.2, 0.25) is 0 Å².